The standard InChI is InChI=1S/C19H13F3N6O3/c20-19(21,22)15-13(5-14(16(23)29)17(30)26-15)11-1-3-12(4-2-11)31-8-10-6-24-18-27-25-9-28(18)7-10/h1-7,9H,8H2,(H2,23,29)(H,26,30). The SMILES string of the molecule is NC(=O)c1cc(-c2ccc(OCc3cnc4nncn4c3)cc2)c(C(F)(F)F)[nH]c1=O. The molecule has 0 spiro atoms. The second kappa shape index (κ2) is 7.55. The van der Waals surface area contributed by atoms with Crippen LogP contribution in [0.15, 0.2) is 53.8 Å². The Morgan fingerprint density at radius 2 is 1.97 bits per heavy atom. The molecule has 0 aliphatic carbocycles. The zero-order chi connectivity index (χ0) is 22.2. The van der Waals surface area contributed by atoms with Crippen LogP contribution < -0.4 is 16.0 Å². The summed E-state index contributed by atoms with van der Waals surface area (Å²) in [6.07, 6.45) is -0.0469. The summed E-state index contributed by atoms with van der Waals surface area (Å²) in [6.45, 7) is 0.152. The molecule has 4 rings (SSSR count). The second-order valence-corrected chi connectivity index (χ2v) is 6.48. The molecule has 1 aromatic carbocycles. The number of hydrogen-bond acceptors (Lipinski definition) is 6. The summed E-state index contributed by atoms with van der Waals surface area (Å²) in [5.41, 5.74) is 2.50. The number of nitrogens with two attached hydrogens (primary N) is 1. The molecule has 0 unspecified atom stereocenters. The van der Waals surface area contributed by atoms with Crippen molar-refractivity contribution < 1.29 is 22.7 Å². The first kappa shape index (κ1) is 20.1. The molecule has 0 atom stereocenters. The Hall–Kier alpha value is -4.22. The Bertz CT molecular complexity index is 1330. The van der Waals surface area contributed by atoms with Gasteiger partial charge in [-0.1, -0.05) is 12.1 Å². The summed E-state index contributed by atoms with van der Waals surface area (Å²) in [5, 5.41) is 7.52. The fraction of sp³-hybridized carbons (Fsp3) is 0.105. The molecule has 0 fully saturated rings. The summed E-state index contributed by atoms with van der Waals surface area (Å²) in [5.74, 6) is -0.305. The van der Waals surface area contributed by atoms with Gasteiger partial charge in [0.2, 0.25) is 0 Å². The van der Waals surface area contributed by atoms with Gasteiger partial charge in [-0.2, -0.15) is 13.2 Å². The first-order valence-electron chi connectivity index (χ1n) is 8.74. The lowest BCUT2D eigenvalue weighted by Crippen LogP contribution is -2.27. The van der Waals surface area contributed by atoms with Crippen LogP contribution in [0.3, 0.4) is 0 Å². The molecule has 0 aliphatic heterocycles. The number of amides is 1. The average Bonchev–Trinajstić information content (AvgIpc) is 3.19. The van der Waals surface area contributed by atoms with Crippen molar-refractivity contribution >= 4 is 11.7 Å². The number of fused-ring (bicyclic) bond motifs is 1. The highest BCUT2D eigenvalue weighted by atomic mass is 19.4. The summed E-state index contributed by atoms with van der Waals surface area (Å²) in [7, 11) is 0. The van der Waals surface area contributed by atoms with Crippen LogP contribution in [-0.4, -0.2) is 30.5 Å². The van der Waals surface area contributed by atoms with Crippen molar-refractivity contribution in [2.24, 2.45) is 5.73 Å². The smallest absolute Gasteiger partial charge is 0.431 e. The monoisotopic (exact) mass is 430 g/mol. The molecular formula is C19H13F3N6O3. The summed E-state index contributed by atoms with van der Waals surface area (Å²) in [4.78, 5) is 29.0. The second-order valence-electron chi connectivity index (χ2n) is 6.48. The van der Waals surface area contributed by atoms with Crippen molar-refractivity contribution in [3.8, 4) is 16.9 Å². The van der Waals surface area contributed by atoms with Crippen LogP contribution in [0, 0.1) is 0 Å². The molecule has 3 aromatic heterocycles. The molecule has 0 radical (unpaired) electrons. The molecule has 3 N–H and O–H groups in total. The number of carbonyl (C=O) groups excluding carboxylic acids is 1. The van der Waals surface area contributed by atoms with E-state index >= 15 is 0 Å². The van der Waals surface area contributed by atoms with Gasteiger partial charge >= 0.3 is 6.18 Å². The highest BCUT2D eigenvalue weighted by Crippen LogP contribution is 2.35. The van der Waals surface area contributed by atoms with E-state index in [2.05, 4.69) is 15.2 Å². The highest BCUT2D eigenvalue weighted by molar-refractivity contribution is 5.94. The van der Waals surface area contributed by atoms with Gasteiger partial charge in [-0.15, -0.1) is 10.2 Å². The van der Waals surface area contributed by atoms with Crippen molar-refractivity contribution in [3.05, 3.63) is 76.2 Å². The Morgan fingerprint density at radius 1 is 1.23 bits per heavy atom. The number of benzene rings is 1. The number of nitrogens with one attached hydrogen (secondary N) is 1. The quantitative estimate of drug-likeness (QED) is 0.499. The minimum atomic E-state index is -4.84. The summed E-state index contributed by atoms with van der Waals surface area (Å²) in [6, 6.07) is 6.53. The molecule has 12 heteroatoms. The van der Waals surface area contributed by atoms with Crippen LogP contribution in [0.2, 0.25) is 0 Å². The van der Waals surface area contributed by atoms with Crippen molar-refractivity contribution in [2.45, 2.75) is 12.8 Å². The molecule has 9 nitrogen and oxygen atoms in total. The van der Waals surface area contributed by atoms with E-state index in [9.17, 15) is 22.8 Å². The lowest BCUT2D eigenvalue weighted by Gasteiger charge is -2.14. The van der Waals surface area contributed by atoms with E-state index in [-0.39, 0.29) is 17.7 Å². The highest BCUT2D eigenvalue weighted by Gasteiger charge is 2.36. The largest absolute Gasteiger partial charge is 0.489 e. The van der Waals surface area contributed by atoms with Gasteiger partial charge in [0.1, 0.15) is 29.9 Å². The number of halogens is 3. The van der Waals surface area contributed by atoms with Gasteiger partial charge in [-0.3, -0.25) is 14.0 Å². The van der Waals surface area contributed by atoms with Crippen molar-refractivity contribution in [1.82, 2.24) is 24.6 Å². The topological polar surface area (TPSA) is 128 Å². The van der Waals surface area contributed by atoms with Crippen LogP contribution >= 0.6 is 0 Å². The van der Waals surface area contributed by atoms with E-state index in [0.29, 0.717) is 11.5 Å². The lowest BCUT2D eigenvalue weighted by atomic mass is 10.0. The molecule has 1 amide bonds. The van der Waals surface area contributed by atoms with Crippen LogP contribution in [-0.2, 0) is 12.8 Å². The van der Waals surface area contributed by atoms with E-state index in [0.717, 1.165) is 11.6 Å². The fourth-order valence-electron chi connectivity index (χ4n) is 2.91. The van der Waals surface area contributed by atoms with Crippen molar-refractivity contribution in [2.75, 3.05) is 0 Å². The van der Waals surface area contributed by atoms with E-state index in [4.69, 9.17) is 10.5 Å². The number of aromatic nitrogens is 5. The van der Waals surface area contributed by atoms with Gasteiger partial charge in [0.25, 0.3) is 17.2 Å². The Labute approximate surface area is 171 Å². The van der Waals surface area contributed by atoms with Gasteiger partial charge in [-0.25, -0.2) is 4.98 Å². The normalized spacial score (nSPS) is 11.6. The minimum Gasteiger partial charge on any atom is -0.489 e. The molecule has 3 heterocycles. The summed E-state index contributed by atoms with van der Waals surface area (Å²) < 4.78 is 47.4. The average molecular weight is 430 g/mol. The maximum absolute atomic E-state index is 13.4. The zero-order valence-electron chi connectivity index (χ0n) is 15.6. The number of H-pyrrole nitrogens is 1. The van der Waals surface area contributed by atoms with Gasteiger partial charge in [0.15, 0.2) is 0 Å². The minimum absolute atomic E-state index is 0.117. The molecule has 158 valence electrons. The van der Waals surface area contributed by atoms with Gasteiger partial charge in [-0.05, 0) is 23.8 Å². The predicted molar refractivity (Wildman–Crippen MR) is 101 cm³/mol. The van der Waals surface area contributed by atoms with Gasteiger partial charge in [0, 0.05) is 23.5 Å². The molecule has 31 heavy (non-hydrogen) atoms. The molecular weight excluding hydrogens is 417 g/mol. The van der Waals surface area contributed by atoms with E-state index in [1.807, 2.05) is 0 Å². The predicted octanol–water partition coefficient (Wildman–Crippen LogP) is 2.18. The summed E-state index contributed by atoms with van der Waals surface area (Å²) >= 11 is 0. The van der Waals surface area contributed by atoms with E-state index < -0.39 is 28.9 Å². The molecule has 0 saturated heterocycles. The lowest BCUT2D eigenvalue weighted by molar-refractivity contribution is -0.140. The van der Waals surface area contributed by atoms with Crippen LogP contribution in [0.1, 0.15) is 21.6 Å². The number of pyridine rings is 1. The number of ether oxygens (including phenoxy) is 1. The zero-order valence-corrected chi connectivity index (χ0v) is 15.6. The van der Waals surface area contributed by atoms with E-state index in [1.165, 1.54) is 30.6 Å². The number of alkyl halides is 3. The number of carbonyl (C=O) groups is 1. The fourth-order valence-corrected chi connectivity index (χ4v) is 2.91. The van der Waals surface area contributed by atoms with Crippen molar-refractivity contribution in [1.29, 1.82) is 0 Å². The molecule has 0 bridgehead atoms. The van der Waals surface area contributed by atoms with Crippen molar-refractivity contribution in [3.63, 3.8) is 0 Å². The third kappa shape index (κ3) is 4.08. The molecule has 4 aromatic rings. The van der Waals surface area contributed by atoms with Crippen LogP contribution in [0.4, 0.5) is 13.2 Å². The Morgan fingerprint density at radius 3 is 2.65 bits per heavy atom. The number of aromatic amines is 1. The number of hydrogen-bond donors (Lipinski definition) is 2. The maximum Gasteiger partial charge on any atom is 0.431 e. The first-order chi connectivity index (χ1) is 14.7. The Balaban J connectivity index is 1.60. The van der Waals surface area contributed by atoms with Crippen LogP contribution in [0.25, 0.3) is 16.9 Å². The van der Waals surface area contributed by atoms with Gasteiger partial charge < -0.3 is 15.5 Å². The Kier molecular flexibility index (Phi) is 4.89. The van der Waals surface area contributed by atoms with Gasteiger partial charge in [0.05, 0.1) is 0 Å². The number of primary amides is 1. The number of nitrogens with zero attached hydrogens (tertiary/aromatic N) is 4. The molecule has 0 aliphatic rings. The van der Waals surface area contributed by atoms with Crippen LogP contribution in [0.5, 0.6) is 5.75 Å². The molecule has 0 saturated carbocycles. The first-order valence-corrected chi connectivity index (χ1v) is 8.74. The third-order valence-corrected chi connectivity index (χ3v) is 4.37. The van der Waals surface area contributed by atoms with E-state index in [1.54, 1.807) is 21.8 Å². The third-order valence-electron chi connectivity index (χ3n) is 4.37. The number of rotatable bonds is 5. The maximum atomic E-state index is 13.4.